The van der Waals surface area contributed by atoms with Crippen molar-refractivity contribution in [1.29, 1.82) is 0 Å². The maximum Gasteiger partial charge on any atom is 0.268 e. The molecule has 3 N–H and O–H groups in total. The Morgan fingerprint density at radius 2 is 1.82 bits per heavy atom. The molecular weight excluding hydrogens is 400 g/mol. The van der Waals surface area contributed by atoms with Crippen LogP contribution in [0.25, 0.3) is 11.3 Å². The predicted octanol–water partition coefficient (Wildman–Crippen LogP) is 3.31. The highest BCUT2D eigenvalue weighted by Gasteiger charge is 2.19. The van der Waals surface area contributed by atoms with Crippen LogP contribution < -0.4 is 10.5 Å². The summed E-state index contributed by atoms with van der Waals surface area (Å²) in [5.41, 5.74) is 7.90. The number of carbonyl (C=O) groups excluding carboxylic acids is 1. The van der Waals surface area contributed by atoms with Gasteiger partial charge in [0, 0.05) is 16.3 Å². The highest BCUT2D eigenvalue weighted by Crippen LogP contribution is 2.27. The number of carbonyl (C=O) groups is 1. The van der Waals surface area contributed by atoms with Crippen molar-refractivity contribution in [3.05, 3.63) is 70.6 Å². The van der Waals surface area contributed by atoms with Crippen LogP contribution in [0.3, 0.4) is 0 Å². The monoisotopic (exact) mass is 416 g/mol. The molecule has 1 heterocycles. The normalized spacial score (nSPS) is 11.2. The van der Waals surface area contributed by atoms with Gasteiger partial charge in [-0.1, -0.05) is 23.7 Å². The van der Waals surface area contributed by atoms with Crippen molar-refractivity contribution in [2.24, 2.45) is 5.73 Å². The summed E-state index contributed by atoms with van der Waals surface area (Å²) in [4.78, 5) is 19.4. The van der Waals surface area contributed by atoms with E-state index < -0.39 is 15.9 Å². The molecule has 0 aliphatic carbocycles. The fourth-order valence-electron chi connectivity index (χ4n) is 2.60. The number of halogens is 1. The molecule has 28 heavy (non-hydrogen) atoms. The van der Waals surface area contributed by atoms with E-state index in [1.54, 1.807) is 44.2 Å². The first-order valence-electron chi connectivity index (χ1n) is 8.19. The zero-order chi connectivity index (χ0) is 20.5. The summed E-state index contributed by atoms with van der Waals surface area (Å²) in [5.74, 6) is -0.672. The highest BCUT2D eigenvalue weighted by molar-refractivity contribution is 7.92. The molecule has 2 aromatic carbocycles. The van der Waals surface area contributed by atoms with Gasteiger partial charge in [-0.05, 0) is 49.2 Å². The highest BCUT2D eigenvalue weighted by atomic mass is 35.5. The first-order valence-corrected chi connectivity index (χ1v) is 10.1. The van der Waals surface area contributed by atoms with Crippen LogP contribution in [0.4, 0.5) is 5.69 Å². The smallest absolute Gasteiger partial charge is 0.268 e. The summed E-state index contributed by atoms with van der Waals surface area (Å²) >= 11 is 6.06. The van der Waals surface area contributed by atoms with Crippen molar-refractivity contribution in [3.63, 3.8) is 0 Å². The summed E-state index contributed by atoms with van der Waals surface area (Å²) in [6.07, 6.45) is 2.68. The third-order valence-corrected chi connectivity index (χ3v) is 5.99. The lowest BCUT2D eigenvalue weighted by atomic mass is 10.1. The first kappa shape index (κ1) is 19.8. The van der Waals surface area contributed by atoms with E-state index in [0.29, 0.717) is 33.1 Å². The van der Waals surface area contributed by atoms with E-state index in [9.17, 15) is 13.2 Å². The quantitative estimate of drug-likeness (QED) is 0.662. The maximum atomic E-state index is 12.8. The van der Waals surface area contributed by atoms with Crippen molar-refractivity contribution < 1.29 is 13.2 Å². The number of nitrogens with one attached hydrogen (secondary N) is 1. The van der Waals surface area contributed by atoms with Gasteiger partial charge >= 0.3 is 0 Å². The molecule has 0 fully saturated rings. The Bertz CT molecular complexity index is 1160. The molecule has 0 spiro atoms. The second-order valence-electron chi connectivity index (χ2n) is 6.20. The number of nitrogens with zero attached hydrogens (tertiary/aromatic N) is 2. The Labute approximate surface area is 167 Å². The summed E-state index contributed by atoms with van der Waals surface area (Å²) in [7, 11) is -3.81. The van der Waals surface area contributed by atoms with Gasteiger partial charge in [-0.3, -0.25) is 14.5 Å². The van der Waals surface area contributed by atoms with Crippen LogP contribution in [0.5, 0.6) is 0 Å². The van der Waals surface area contributed by atoms with Crippen LogP contribution >= 0.6 is 11.6 Å². The molecule has 0 atom stereocenters. The van der Waals surface area contributed by atoms with Gasteiger partial charge in [0.1, 0.15) is 5.69 Å². The number of anilines is 1. The molecule has 3 aromatic rings. The summed E-state index contributed by atoms with van der Waals surface area (Å²) in [6.45, 7) is 3.43. The van der Waals surface area contributed by atoms with Gasteiger partial charge in [0.15, 0.2) is 0 Å². The fraction of sp³-hybridized carbons (Fsp3) is 0.105. The van der Waals surface area contributed by atoms with Crippen LogP contribution in [0, 0.1) is 13.8 Å². The second kappa shape index (κ2) is 7.57. The molecule has 0 bridgehead atoms. The lowest BCUT2D eigenvalue weighted by molar-refractivity contribution is 0.0995. The number of nitrogens with two attached hydrogens (primary N) is 1. The molecule has 1 amide bonds. The van der Waals surface area contributed by atoms with Crippen molar-refractivity contribution in [3.8, 4) is 11.3 Å². The molecular formula is C19H17ClN4O3S. The van der Waals surface area contributed by atoms with Gasteiger partial charge in [-0.25, -0.2) is 13.4 Å². The number of aromatic nitrogens is 2. The van der Waals surface area contributed by atoms with Gasteiger partial charge in [0.25, 0.3) is 15.9 Å². The van der Waals surface area contributed by atoms with Crippen LogP contribution in [-0.4, -0.2) is 24.3 Å². The topological polar surface area (TPSA) is 115 Å². The lowest BCUT2D eigenvalue weighted by Gasteiger charge is -2.13. The lowest BCUT2D eigenvalue weighted by Crippen LogP contribution is -2.14. The van der Waals surface area contributed by atoms with E-state index in [1.165, 1.54) is 18.5 Å². The SMILES string of the molecule is Cc1cc(S(=O)(=O)Nc2cccc(-c3cnc(C(N)=O)cn3)c2)c(C)cc1Cl. The summed E-state index contributed by atoms with van der Waals surface area (Å²) in [5, 5.41) is 0.511. The van der Waals surface area contributed by atoms with Crippen molar-refractivity contribution in [2.45, 2.75) is 18.7 Å². The van der Waals surface area contributed by atoms with Gasteiger partial charge in [-0.15, -0.1) is 0 Å². The number of primary amides is 1. The molecule has 0 saturated carbocycles. The largest absolute Gasteiger partial charge is 0.364 e. The Kier molecular flexibility index (Phi) is 5.35. The summed E-state index contributed by atoms with van der Waals surface area (Å²) in [6, 6.07) is 9.86. The number of hydrogen-bond acceptors (Lipinski definition) is 5. The summed E-state index contributed by atoms with van der Waals surface area (Å²) < 4.78 is 28.2. The van der Waals surface area contributed by atoms with E-state index in [4.69, 9.17) is 17.3 Å². The van der Waals surface area contributed by atoms with Crippen LogP contribution in [0.15, 0.2) is 53.7 Å². The molecule has 0 unspecified atom stereocenters. The molecule has 1 aromatic heterocycles. The van der Waals surface area contributed by atoms with Crippen LogP contribution in [0.2, 0.25) is 5.02 Å². The zero-order valence-corrected chi connectivity index (χ0v) is 16.7. The van der Waals surface area contributed by atoms with Crippen molar-refractivity contribution >= 4 is 33.2 Å². The Morgan fingerprint density at radius 3 is 2.46 bits per heavy atom. The number of aryl methyl sites for hydroxylation is 2. The van der Waals surface area contributed by atoms with Gasteiger partial charge < -0.3 is 5.73 Å². The molecule has 0 saturated heterocycles. The Morgan fingerprint density at radius 1 is 1.07 bits per heavy atom. The van der Waals surface area contributed by atoms with Crippen molar-refractivity contribution in [2.75, 3.05) is 4.72 Å². The molecule has 3 rings (SSSR count). The van der Waals surface area contributed by atoms with Gasteiger partial charge in [0.05, 0.1) is 23.0 Å². The predicted molar refractivity (Wildman–Crippen MR) is 108 cm³/mol. The minimum Gasteiger partial charge on any atom is -0.364 e. The van der Waals surface area contributed by atoms with E-state index >= 15 is 0 Å². The van der Waals surface area contributed by atoms with Crippen LogP contribution in [-0.2, 0) is 10.0 Å². The molecule has 9 heteroatoms. The van der Waals surface area contributed by atoms with E-state index in [2.05, 4.69) is 14.7 Å². The van der Waals surface area contributed by atoms with Gasteiger partial charge in [-0.2, -0.15) is 0 Å². The molecule has 144 valence electrons. The molecule has 0 aliphatic rings. The van der Waals surface area contributed by atoms with Crippen LogP contribution in [0.1, 0.15) is 21.6 Å². The molecule has 7 nitrogen and oxygen atoms in total. The van der Waals surface area contributed by atoms with E-state index in [-0.39, 0.29) is 10.6 Å². The number of rotatable bonds is 5. The Hall–Kier alpha value is -2.97. The minimum atomic E-state index is -3.81. The average molecular weight is 417 g/mol. The first-order chi connectivity index (χ1) is 13.2. The average Bonchev–Trinajstić information content (AvgIpc) is 2.64. The van der Waals surface area contributed by atoms with E-state index in [1.807, 2.05) is 0 Å². The number of amides is 1. The number of sulfonamides is 1. The third kappa shape index (κ3) is 4.13. The zero-order valence-electron chi connectivity index (χ0n) is 15.1. The third-order valence-electron chi connectivity index (χ3n) is 4.06. The van der Waals surface area contributed by atoms with E-state index in [0.717, 1.165) is 0 Å². The number of benzene rings is 2. The molecule has 0 radical (unpaired) electrons. The van der Waals surface area contributed by atoms with Gasteiger partial charge in [0.2, 0.25) is 0 Å². The Balaban J connectivity index is 1.92. The second-order valence-corrected chi connectivity index (χ2v) is 8.26. The number of hydrogen-bond donors (Lipinski definition) is 2. The standard InChI is InChI=1S/C19H17ClN4O3S/c1-11-7-18(12(2)6-15(11)20)28(26,27)24-14-5-3-4-13(8-14)16-9-23-17(10-22-16)19(21)25/h3-10,24H,1-2H3,(H2,21,25). The minimum absolute atomic E-state index is 0.0502. The fourth-order valence-corrected chi connectivity index (χ4v) is 4.18. The van der Waals surface area contributed by atoms with Crippen molar-refractivity contribution in [1.82, 2.24) is 9.97 Å². The maximum absolute atomic E-state index is 12.8. The molecule has 0 aliphatic heterocycles.